The van der Waals surface area contributed by atoms with Crippen LogP contribution in [0.3, 0.4) is 0 Å². The monoisotopic (exact) mass is 222 g/mol. The van der Waals surface area contributed by atoms with Crippen molar-refractivity contribution in [3.05, 3.63) is 33.9 Å². The van der Waals surface area contributed by atoms with Crippen molar-refractivity contribution in [2.24, 2.45) is 0 Å². The van der Waals surface area contributed by atoms with Gasteiger partial charge in [-0.3, -0.25) is 14.9 Å². The van der Waals surface area contributed by atoms with Gasteiger partial charge in [0.1, 0.15) is 0 Å². The molecule has 0 fully saturated rings. The van der Waals surface area contributed by atoms with Gasteiger partial charge in [0.15, 0.2) is 6.29 Å². The van der Waals surface area contributed by atoms with E-state index in [2.05, 4.69) is 0 Å². The zero-order valence-electron chi connectivity index (χ0n) is 9.34. The average molecular weight is 222 g/mol. The van der Waals surface area contributed by atoms with Crippen molar-refractivity contribution >= 4 is 17.7 Å². The van der Waals surface area contributed by atoms with Gasteiger partial charge in [0.05, 0.1) is 10.5 Å². The Hall–Kier alpha value is -1.91. The van der Waals surface area contributed by atoms with Gasteiger partial charge in [0.2, 0.25) is 0 Å². The predicted octanol–water partition coefficient (Wildman–Crippen LogP) is 2.25. The summed E-state index contributed by atoms with van der Waals surface area (Å²) in [6.45, 7) is 5.49. The van der Waals surface area contributed by atoms with E-state index in [4.69, 9.17) is 0 Å². The van der Waals surface area contributed by atoms with Crippen LogP contribution in [0.1, 0.15) is 24.2 Å². The second-order valence-electron chi connectivity index (χ2n) is 3.29. The molecule has 0 saturated carbocycles. The molecule has 16 heavy (non-hydrogen) atoms. The lowest BCUT2D eigenvalue weighted by Gasteiger charge is -2.20. The molecule has 0 N–H and O–H groups in total. The van der Waals surface area contributed by atoms with E-state index in [1.807, 2.05) is 18.7 Å². The lowest BCUT2D eigenvalue weighted by Crippen LogP contribution is -2.21. The standard InChI is InChI=1S/C11H14N2O3/c1-3-12(4-2)10-6-5-9(8-14)11(7-10)13(15)16/h5-8H,3-4H2,1-2H3. The summed E-state index contributed by atoms with van der Waals surface area (Å²) in [6.07, 6.45) is 0.504. The highest BCUT2D eigenvalue weighted by Crippen LogP contribution is 2.24. The van der Waals surface area contributed by atoms with Crippen molar-refractivity contribution in [2.45, 2.75) is 13.8 Å². The highest BCUT2D eigenvalue weighted by molar-refractivity contribution is 5.82. The molecule has 0 amide bonds. The normalized spacial score (nSPS) is 9.88. The molecular formula is C11H14N2O3. The first-order chi connectivity index (χ1) is 7.63. The van der Waals surface area contributed by atoms with E-state index in [-0.39, 0.29) is 11.3 Å². The maximum atomic E-state index is 10.8. The number of benzene rings is 1. The van der Waals surface area contributed by atoms with E-state index in [1.165, 1.54) is 12.1 Å². The average Bonchev–Trinajstić information content (AvgIpc) is 2.30. The van der Waals surface area contributed by atoms with Gasteiger partial charge in [-0.1, -0.05) is 0 Å². The Morgan fingerprint density at radius 3 is 2.44 bits per heavy atom. The van der Waals surface area contributed by atoms with Crippen LogP contribution in [0.2, 0.25) is 0 Å². The summed E-state index contributed by atoms with van der Waals surface area (Å²) in [7, 11) is 0. The van der Waals surface area contributed by atoms with E-state index >= 15 is 0 Å². The minimum absolute atomic E-state index is 0.112. The first-order valence-corrected chi connectivity index (χ1v) is 5.12. The third-order valence-corrected chi connectivity index (χ3v) is 2.47. The summed E-state index contributed by atoms with van der Waals surface area (Å²) in [4.78, 5) is 22.9. The van der Waals surface area contributed by atoms with Crippen molar-refractivity contribution in [3.8, 4) is 0 Å². The topological polar surface area (TPSA) is 63.5 Å². The fourth-order valence-corrected chi connectivity index (χ4v) is 1.58. The number of carbonyl (C=O) groups is 1. The molecule has 0 radical (unpaired) electrons. The summed E-state index contributed by atoms with van der Waals surface area (Å²) < 4.78 is 0. The Morgan fingerprint density at radius 1 is 1.38 bits per heavy atom. The largest absolute Gasteiger partial charge is 0.372 e. The maximum Gasteiger partial charge on any atom is 0.281 e. The minimum atomic E-state index is -0.531. The van der Waals surface area contributed by atoms with Crippen LogP contribution in [-0.4, -0.2) is 24.3 Å². The highest BCUT2D eigenvalue weighted by Gasteiger charge is 2.15. The summed E-state index contributed by atoms with van der Waals surface area (Å²) >= 11 is 0. The molecule has 0 bridgehead atoms. The third kappa shape index (κ3) is 2.36. The Balaban J connectivity index is 3.20. The molecule has 0 aliphatic rings. The Labute approximate surface area is 93.8 Å². The summed E-state index contributed by atoms with van der Waals surface area (Å²) in [6, 6.07) is 4.65. The zero-order valence-corrected chi connectivity index (χ0v) is 9.34. The molecule has 86 valence electrons. The second-order valence-corrected chi connectivity index (χ2v) is 3.29. The Kier molecular flexibility index (Phi) is 3.99. The van der Waals surface area contributed by atoms with Crippen LogP contribution in [0.5, 0.6) is 0 Å². The zero-order chi connectivity index (χ0) is 12.1. The van der Waals surface area contributed by atoms with Crippen molar-refractivity contribution in [1.82, 2.24) is 0 Å². The van der Waals surface area contributed by atoms with Crippen LogP contribution >= 0.6 is 0 Å². The Bertz CT molecular complexity index is 400. The van der Waals surface area contributed by atoms with Gasteiger partial charge in [-0.05, 0) is 26.0 Å². The van der Waals surface area contributed by atoms with Gasteiger partial charge in [0, 0.05) is 24.8 Å². The summed E-state index contributed by atoms with van der Waals surface area (Å²) in [5, 5.41) is 10.8. The first-order valence-electron chi connectivity index (χ1n) is 5.12. The molecule has 0 saturated heterocycles. The molecule has 0 aromatic heterocycles. The minimum Gasteiger partial charge on any atom is -0.372 e. The van der Waals surface area contributed by atoms with E-state index in [1.54, 1.807) is 6.07 Å². The third-order valence-electron chi connectivity index (χ3n) is 2.47. The molecule has 1 aromatic rings. The van der Waals surface area contributed by atoms with Crippen LogP contribution in [0.4, 0.5) is 11.4 Å². The SMILES string of the molecule is CCN(CC)c1ccc(C=O)c([N+](=O)[O-])c1. The fourth-order valence-electron chi connectivity index (χ4n) is 1.58. The number of hydrogen-bond donors (Lipinski definition) is 0. The number of anilines is 1. The molecule has 0 atom stereocenters. The number of hydrogen-bond acceptors (Lipinski definition) is 4. The number of nitro benzene ring substituents is 1. The summed E-state index contributed by atoms with van der Waals surface area (Å²) in [5.41, 5.74) is 0.739. The van der Waals surface area contributed by atoms with Gasteiger partial charge in [-0.2, -0.15) is 0 Å². The van der Waals surface area contributed by atoms with Crippen molar-refractivity contribution in [3.63, 3.8) is 0 Å². The van der Waals surface area contributed by atoms with Crippen LogP contribution in [0.25, 0.3) is 0 Å². The van der Waals surface area contributed by atoms with Crippen molar-refractivity contribution in [1.29, 1.82) is 0 Å². The van der Waals surface area contributed by atoms with Crippen LogP contribution < -0.4 is 4.90 Å². The molecule has 5 heteroatoms. The molecule has 0 unspecified atom stereocenters. The van der Waals surface area contributed by atoms with Crippen LogP contribution in [-0.2, 0) is 0 Å². The number of aldehydes is 1. The van der Waals surface area contributed by atoms with Gasteiger partial charge < -0.3 is 4.90 Å². The van der Waals surface area contributed by atoms with E-state index in [0.717, 1.165) is 18.8 Å². The molecule has 0 heterocycles. The maximum absolute atomic E-state index is 10.8. The van der Waals surface area contributed by atoms with Crippen molar-refractivity contribution < 1.29 is 9.72 Å². The van der Waals surface area contributed by atoms with Crippen LogP contribution in [0.15, 0.2) is 18.2 Å². The Morgan fingerprint density at radius 2 is 2.00 bits per heavy atom. The number of nitrogens with zero attached hydrogens (tertiary/aromatic N) is 2. The quantitative estimate of drug-likeness (QED) is 0.435. The van der Waals surface area contributed by atoms with Crippen molar-refractivity contribution in [2.75, 3.05) is 18.0 Å². The van der Waals surface area contributed by atoms with Gasteiger partial charge in [0.25, 0.3) is 5.69 Å². The second kappa shape index (κ2) is 5.25. The molecule has 0 aliphatic heterocycles. The number of rotatable bonds is 5. The van der Waals surface area contributed by atoms with E-state index in [9.17, 15) is 14.9 Å². The molecule has 1 aromatic carbocycles. The molecule has 5 nitrogen and oxygen atoms in total. The number of carbonyl (C=O) groups excluding carboxylic acids is 1. The van der Waals surface area contributed by atoms with Gasteiger partial charge in [-0.15, -0.1) is 0 Å². The van der Waals surface area contributed by atoms with Gasteiger partial charge in [-0.25, -0.2) is 0 Å². The van der Waals surface area contributed by atoms with Gasteiger partial charge >= 0.3 is 0 Å². The predicted molar refractivity (Wildman–Crippen MR) is 62.0 cm³/mol. The van der Waals surface area contributed by atoms with E-state index < -0.39 is 4.92 Å². The highest BCUT2D eigenvalue weighted by atomic mass is 16.6. The lowest BCUT2D eigenvalue weighted by molar-refractivity contribution is -0.385. The van der Waals surface area contributed by atoms with E-state index in [0.29, 0.717) is 6.29 Å². The molecular weight excluding hydrogens is 208 g/mol. The molecule has 1 rings (SSSR count). The smallest absolute Gasteiger partial charge is 0.281 e. The summed E-state index contributed by atoms with van der Waals surface area (Å²) in [5.74, 6) is 0. The van der Waals surface area contributed by atoms with Crippen LogP contribution in [0, 0.1) is 10.1 Å². The lowest BCUT2D eigenvalue weighted by atomic mass is 10.1. The molecule has 0 aliphatic carbocycles. The first kappa shape index (κ1) is 12.2. The fraction of sp³-hybridized carbons (Fsp3) is 0.364. The molecule has 0 spiro atoms. The number of nitro groups is 1.